The molecule has 0 aliphatic carbocycles. The first-order chi connectivity index (χ1) is 16.6. The molecule has 1 aliphatic heterocycles. The SMILES string of the molecule is CC(C)C(=O)N(C)[C@H]1CCN(c2nc3ccccc3nc2-c2cc(C#N)ccc2OC(F)(F)F)C1. The third-order valence-corrected chi connectivity index (χ3v) is 5.99. The quantitative estimate of drug-likeness (QED) is 0.521. The zero-order chi connectivity index (χ0) is 25.3. The van der Waals surface area contributed by atoms with Crippen LogP contribution in [0.3, 0.4) is 0 Å². The fourth-order valence-corrected chi connectivity index (χ4v) is 4.23. The van der Waals surface area contributed by atoms with Crippen molar-refractivity contribution in [3.63, 3.8) is 0 Å². The van der Waals surface area contributed by atoms with Gasteiger partial charge in [0, 0.05) is 31.6 Å². The minimum absolute atomic E-state index is 0.0178. The van der Waals surface area contributed by atoms with E-state index in [1.807, 2.05) is 24.8 Å². The Morgan fingerprint density at radius 3 is 2.51 bits per heavy atom. The van der Waals surface area contributed by atoms with Crippen molar-refractivity contribution in [1.82, 2.24) is 14.9 Å². The van der Waals surface area contributed by atoms with Gasteiger partial charge in [0.25, 0.3) is 0 Å². The molecule has 2 heterocycles. The van der Waals surface area contributed by atoms with Crippen LogP contribution < -0.4 is 9.64 Å². The molecule has 7 nitrogen and oxygen atoms in total. The summed E-state index contributed by atoms with van der Waals surface area (Å²) in [4.78, 5) is 25.5. The number of amides is 1. The van der Waals surface area contributed by atoms with Gasteiger partial charge >= 0.3 is 6.36 Å². The summed E-state index contributed by atoms with van der Waals surface area (Å²) in [5.41, 5.74) is 1.44. The van der Waals surface area contributed by atoms with Gasteiger partial charge in [-0.25, -0.2) is 9.97 Å². The summed E-state index contributed by atoms with van der Waals surface area (Å²) < 4.78 is 43.8. The van der Waals surface area contributed by atoms with E-state index < -0.39 is 12.1 Å². The highest BCUT2D eigenvalue weighted by Crippen LogP contribution is 2.39. The monoisotopic (exact) mass is 483 g/mol. The van der Waals surface area contributed by atoms with Gasteiger partial charge < -0.3 is 14.5 Å². The van der Waals surface area contributed by atoms with E-state index in [9.17, 15) is 23.2 Å². The number of anilines is 1. The topological polar surface area (TPSA) is 82.4 Å². The molecular formula is C25H24F3N5O2. The van der Waals surface area contributed by atoms with Crippen LogP contribution in [0.1, 0.15) is 25.8 Å². The van der Waals surface area contributed by atoms with Crippen LogP contribution in [0.5, 0.6) is 5.75 Å². The molecule has 0 radical (unpaired) electrons. The molecule has 1 aromatic heterocycles. The first-order valence-corrected chi connectivity index (χ1v) is 11.2. The molecule has 2 aromatic carbocycles. The lowest BCUT2D eigenvalue weighted by atomic mass is 10.1. The number of hydrogen-bond acceptors (Lipinski definition) is 6. The smallest absolute Gasteiger partial charge is 0.405 e. The molecule has 0 saturated carbocycles. The van der Waals surface area contributed by atoms with Crippen LogP contribution in [0.15, 0.2) is 42.5 Å². The van der Waals surface area contributed by atoms with Crippen LogP contribution in [0.25, 0.3) is 22.3 Å². The lowest BCUT2D eigenvalue weighted by Gasteiger charge is -2.27. The number of fused-ring (bicyclic) bond motifs is 1. The van der Waals surface area contributed by atoms with E-state index in [0.717, 1.165) is 6.07 Å². The second kappa shape index (κ2) is 9.41. The number of benzene rings is 2. The number of carbonyl (C=O) groups is 1. The average molecular weight is 483 g/mol. The van der Waals surface area contributed by atoms with E-state index in [1.165, 1.54) is 12.1 Å². The van der Waals surface area contributed by atoms with E-state index in [0.29, 0.717) is 36.4 Å². The standard InChI is InChI=1S/C25H24F3N5O2/c1-15(2)24(34)32(3)17-10-11-33(14-17)23-22(30-19-6-4-5-7-20(19)31-23)18-12-16(13-29)8-9-21(18)35-25(26,27)28/h4-9,12,15,17H,10-11,14H2,1-3H3/t17-/m0/s1. The van der Waals surface area contributed by atoms with Crippen LogP contribution in [-0.4, -0.2) is 53.3 Å². The zero-order valence-electron chi connectivity index (χ0n) is 19.5. The summed E-state index contributed by atoms with van der Waals surface area (Å²) in [5.74, 6) is -0.228. The summed E-state index contributed by atoms with van der Waals surface area (Å²) in [7, 11) is 1.76. The fourth-order valence-electron chi connectivity index (χ4n) is 4.23. The Balaban J connectivity index is 1.83. The largest absolute Gasteiger partial charge is 0.573 e. The van der Waals surface area contributed by atoms with Gasteiger partial charge in [0.2, 0.25) is 5.91 Å². The Morgan fingerprint density at radius 1 is 1.20 bits per heavy atom. The summed E-state index contributed by atoms with van der Waals surface area (Å²) in [6.45, 7) is 4.65. The third-order valence-electron chi connectivity index (χ3n) is 5.99. The Labute approximate surface area is 200 Å². The number of alkyl halides is 3. The predicted octanol–water partition coefficient (Wildman–Crippen LogP) is 4.76. The van der Waals surface area contributed by atoms with E-state index in [2.05, 4.69) is 9.72 Å². The summed E-state index contributed by atoms with van der Waals surface area (Å²) >= 11 is 0. The third kappa shape index (κ3) is 5.14. The molecular weight excluding hydrogens is 459 g/mol. The van der Waals surface area contributed by atoms with Crippen LogP contribution in [0.2, 0.25) is 0 Å². The van der Waals surface area contributed by atoms with E-state index in [1.54, 1.807) is 36.2 Å². The van der Waals surface area contributed by atoms with E-state index in [-0.39, 0.29) is 34.7 Å². The van der Waals surface area contributed by atoms with Gasteiger partial charge in [-0.1, -0.05) is 26.0 Å². The van der Waals surface area contributed by atoms with Crippen molar-refractivity contribution >= 4 is 22.8 Å². The highest BCUT2D eigenvalue weighted by molar-refractivity contribution is 5.86. The molecule has 1 atom stereocenters. The molecule has 0 N–H and O–H groups in total. The van der Waals surface area contributed by atoms with Gasteiger partial charge in [-0.3, -0.25) is 4.79 Å². The second-order valence-corrected chi connectivity index (χ2v) is 8.75. The summed E-state index contributed by atoms with van der Waals surface area (Å²) in [6, 6.07) is 12.6. The van der Waals surface area contributed by atoms with Crippen molar-refractivity contribution in [3.05, 3.63) is 48.0 Å². The first kappa shape index (κ1) is 24.3. The minimum atomic E-state index is -4.92. The number of ether oxygens (including phenoxy) is 1. The molecule has 0 bridgehead atoms. The fraction of sp³-hybridized carbons (Fsp3) is 0.360. The molecule has 4 rings (SSSR count). The molecule has 35 heavy (non-hydrogen) atoms. The van der Waals surface area contributed by atoms with Crippen LogP contribution in [0.4, 0.5) is 19.0 Å². The van der Waals surface area contributed by atoms with Crippen molar-refractivity contribution in [2.24, 2.45) is 5.92 Å². The maximum atomic E-state index is 13.2. The van der Waals surface area contributed by atoms with Gasteiger partial charge in [0.1, 0.15) is 11.4 Å². The van der Waals surface area contributed by atoms with Crippen LogP contribution in [0, 0.1) is 17.2 Å². The lowest BCUT2D eigenvalue weighted by Crippen LogP contribution is -2.41. The molecule has 1 amide bonds. The number of aromatic nitrogens is 2. The molecule has 1 saturated heterocycles. The Hall–Kier alpha value is -3.87. The van der Waals surface area contributed by atoms with E-state index in [4.69, 9.17) is 4.98 Å². The predicted molar refractivity (Wildman–Crippen MR) is 125 cm³/mol. The Bertz CT molecular complexity index is 1300. The van der Waals surface area contributed by atoms with Crippen LogP contribution >= 0.6 is 0 Å². The van der Waals surface area contributed by atoms with Crippen LogP contribution in [-0.2, 0) is 4.79 Å². The molecule has 1 fully saturated rings. The number of nitrogens with zero attached hydrogens (tertiary/aromatic N) is 5. The van der Waals surface area contributed by atoms with Crippen molar-refractivity contribution < 1.29 is 22.7 Å². The number of nitriles is 1. The van der Waals surface area contributed by atoms with E-state index >= 15 is 0 Å². The Morgan fingerprint density at radius 2 is 1.89 bits per heavy atom. The van der Waals surface area contributed by atoms with Gasteiger partial charge in [-0.15, -0.1) is 13.2 Å². The average Bonchev–Trinajstić information content (AvgIpc) is 3.31. The van der Waals surface area contributed by atoms with Gasteiger partial charge in [-0.2, -0.15) is 5.26 Å². The second-order valence-electron chi connectivity index (χ2n) is 8.75. The number of para-hydroxylation sites is 2. The van der Waals surface area contributed by atoms with Crippen molar-refractivity contribution in [1.29, 1.82) is 5.26 Å². The van der Waals surface area contributed by atoms with Gasteiger partial charge in [0.15, 0.2) is 5.82 Å². The summed E-state index contributed by atoms with van der Waals surface area (Å²) in [6.07, 6.45) is -4.25. The first-order valence-electron chi connectivity index (χ1n) is 11.2. The molecule has 3 aromatic rings. The highest BCUT2D eigenvalue weighted by Gasteiger charge is 2.35. The van der Waals surface area contributed by atoms with Crippen molar-refractivity contribution in [3.8, 4) is 23.1 Å². The van der Waals surface area contributed by atoms with Gasteiger partial charge in [-0.05, 0) is 36.8 Å². The normalized spacial score (nSPS) is 15.9. The number of rotatable bonds is 5. The summed E-state index contributed by atoms with van der Waals surface area (Å²) in [5, 5.41) is 9.38. The minimum Gasteiger partial charge on any atom is -0.405 e. The molecule has 0 spiro atoms. The molecule has 0 unspecified atom stereocenters. The Kier molecular flexibility index (Phi) is 6.52. The molecule has 1 aliphatic rings. The molecule has 10 heteroatoms. The van der Waals surface area contributed by atoms with Gasteiger partial charge in [0.05, 0.1) is 28.7 Å². The number of carbonyl (C=O) groups excluding carboxylic acids is 1. The maximum absolute atomic E-state index is 13.2. The number of hydrogen-bond donors (Lipinski definition) is 0. The molecule has 182 valence electrons. The number of halogens is 3. The van der Waals surface area contributed by atoms with Crippen molar-refractivity contribution in [2.45, 2.75) is 32.7 Å². The zero-order valence-corrected chi connectivity index (χ0v) is 19.5. The highest BCUT2D eigenvalue weighted by atomic mass is 19.4. The lowest BCUT2D eigenvalue weighted by molar-refractivity contribution is -0.274. The van der Waals surface area contributed by atoms with Crippen molar-refractivity contribution in [2.75, 3.05) is 25.0 Å². The number of likely N-dealkylation sites (N-methyl/N-ethyl adjacent to an activating group) is 1. The maximum Gasteiger partial charge on any atom is 0.573 e.